The summed E-state index contributed by atoms with van der Waals surface area (Å²) in [6.07, 6.45) is 0. The van der Waals surface area contributed by atoms with Gasteiger partial charge >= 0.3 is 41.9 Å². The Morgan fingerprint density at radius 2 is 0.955 bits per heavy atom. The molecule has 2 heteroatoms. The molecule has 2 rings (SSSR count). The SMILES string of the molecule is C[Si](C)=[Zr+2].Cc1c[c-](C)c(C)c1C.Cc1c[c-](C)c(C)c1C. The fraction of sp³-hybridized carbons (Fsp3) is 0.500. The molecule has 0 saturated heterocycles. The Morgan fingerprint density at radius 3 is 1.00 bits per heavy atom. The van der Waals surface area contributed by atoms with E-state index >= 15 is 0 Å². The Morgan fingerprint density at radius 1 is 0.727 bits per heavy atom. The summed E-state index contributed by atoms with van der Waals surface area (Å²) in [4.78, 5) is 0. The van der Waals surface area contributed by atoms with E-state index in [1.807, 2.05) is 0 Å². The van der Waals surface area contributed by atoms with E-state index in [-0.39, 0.29) is 5.43 Å². The van der Waals surface area contributed by atoms with E-state index in [4.69, 9.17) is 0 Å². The average molecular weight is 392 g/mol. The van der Waals surface area contributed by atoms with Crippen LogP contribution in [0.3, 0.4) is 0 Å². The van der Waals surface area contributed by atoms with Crippen LogP contribution in [0.2, 0.25) is 13.1 Å². The van der Waals surface area contributed by atoms with Gasteiger partial charge in [0.05, 0.1) is 0 Å². The van der Waals surface area contributed by atoms with Crippen LogP contribution in [0.25, 0.3) is 0 Å². The van der Waals surface area contributed by atoms with Crippen molar-refractivity contribution in [2.45, 2.75) is 68.5 Å². The van der Waals surface area contributed by atoms with Crippen LogP contribution in [-0.4, -0.2) is 5.43 Å². The normalized spacial score (nSPS) is 9.64. The molecule has 0 nitrogen and oxygen atoms in total. The minimum atomic E-state index is 0.210. The van der Waals surface area contributed by atoms with Crippen LogP contribution in [0.15, 0.2) is 12.1 Å². The number of aryl methyl sites for hydroxylation is 4. The molecule has 120 valence electrons. The molecule has 0 radical (unpaired) electrons. The summed E-state index contributed by atoms with van der Waals surface area (Å²) >= 11 is 1.74. The zero-order chi connectivity index (χ0) is 17.6. The van der Waals surface area contributed by atoms with Gasteiger partial charge in [-0.05, 0) is 0 Å². The van der Waals surface area contributed by atoms with Crippen LogP contribution in [-0.2, 0) is 23.3 Å². The molecule has 0 amide bonds. The van der Waals surface area contributed by atoms with Gasteiger partial charge in [-0.25, -0.2) is 0 Å². The smallest absolute Gasteiger partial charge is 0.0630 e. The van der Waals surface area contributed by atoms with Crippen LogP contribution < -0.4 is 0 Å². The van der Waals surface area contributed by atoms with Crippen molar-refractivity contribution in [2.75, 3.05) is 0 Å². The topological polar surface area (TPSA) is 0 Å². The van der Waals surface area contributed by atoms with Crippen LogP contribution in [0.4, 0.5) is 0 Å². The second-order valence-corrected chi connectivity index (χ2v) is 15.9. The molecule has 0 aliphatic rings. The molecule has 2 aromatic carbocycles. The van der Waals surface area contributed by atoms with Crippen molar-refractivity contribution in [1.82, 2.24) is 0 Å². The van der Waals surface area contributed by atoms with Crippen LogP contribution in [0, 0.1) is 55.4 Å². The van der Waals surface area contributed by atoms with Crippen molar-refractivity contribution in [2.24, 2.45) is 0 Å². The van der Waals surface area contributed by atoms with Gasteiger partial charge in [0.25, 0.3) is 0 Å². The average Bonchev–Trinajstić information content (AvgIpc) is 2.75. The van der Waals surface area contributed by atoms with Gasteiger partial charge < -0.3 is 0 Å². The van der Waals surface area contributed by atoms with Gasteiger partial charge in [0.2, 0.25) is 0 Å². The molecule has 0 spiro atoms. The third-order valence-corrected chi connectivity index (χ3v) is 4.36. The summed E-state index contributed by atoms with van der Waals surface area (Å²) in [6, 6.07) is 4.48. The molecule has 0 aromatic heterocycles. The van der Waals surface area contributed by atoms with Crippen molar-refractivity contribution >= 4 is 5.43 Å². The van der Waals surface area contributed by atoms with Crippen molar-refractivity contribution < 1.29 is 23.3 Å². The molecular weight excluding hydrogens is 360 g/mol. The Hall–Kier alpha value is -0.200. The summed E-state index contributed by atoms with van der Waals surface area (Å²) in [7, 11) is 0. The van der Waals surface area contributed by atoms with E-state index in [1.54, 1.807) is 23.3 Å². The van der Waals surface area contributed by atoms with E-state index in [9.17, 15) is 0 Å². The zero-order valence-corrected chi connectivity index (χ0v) is 19.6. The standard InChI is InChI=1S/2C9H13.C2H6Si.Zr/c2*1-6-5-7(2)9(4)8(6)3;1-3-2;/h2*5H,1-4H3;1-2H3;/q2*-1;;+2. The molecule has 0 N–H and O–H groups in total. The van der Waals surface area contributed by atoms with Crippen molar-refractivity contribution in [1.29, 1.82) is 0 Å². The predicted molar refractivity (Wildman–Crippen MR) is 99.4 cm³/mol. The summed E-state index contributed by atoms with van der Waals surface area (Å²) in [5, 5.41) is 0. The van der Waals surface area contributed by atoms with E-state index in [0.29, 0.717) is 0 Å². The van der Waals surface area contributed by atoms with Gasteiger partial charge in [-0.15, -0.1) is 0 Å². The third kappa shape index (κ3) is 6.92. The Bertz CT molecular complexity index is 527. The molecule has 0 aliphatic heterocycles. The van der Waals surface area contributed by atoms with Gasteiger partial charge in [-0.1, -0.05) is 55.4 Å². The van der Waals surface area contributed by atoms with Crippen molar-refractivity contribution in [3.63, 3.8) is 0 Å². The molecule has 0 unspecified atom stereocenters. The largest absolute Gasteiger partial charge is 0.199 e. The Balaban J connectivity index is 0.000000326. The number of hydrogen-bond acceptors (Lipinski definition) is 0. The molecule has 2 aromatic rings. The maximum Gasteiger partial charge on any atom is -0.0630 e. The van der Waals surface area contributed by atoms with E-state index in [0.717, 1.165) is 0 Å². The van der Waals surface area contributed by atoms with Crippen LogP contribution in [0.5, 0.6) is 0 Å². The van der Waals surface area contributed by atoms with Gasteiger partial charge in [0, 0.05) is 0 Å². The van der Waals surface area contributed by atoms with Crippen molar-refractivity contribution in [3.8, 4) is 0 Å². The summed E-state index contributed by atoms with van der Waals surface area (Å²) < 4.78 is 0. The minimum absolute atomic E-state index is 0.210. The molecular formula is C20H32SiZr. The van der Waals surface area contributed by atoms with E-state index in [2.05, 4.69) is 80.6 Å². The molecule has 0 heterocycles. The fourth-order valence-corrected chi connectivity index (χ4v) is 2.27. The third-order valence-electron chi connectivity index (χ3n) is 4.36. The second kappa shape index (κ2) is 9.83. The Labute approximate surface area is 153 Å². The number of hydrogen-bond donors (Lipinski definition) is 0. The molecule has 0 atom stereocenters. The minimum Gasteiger partial charge on any atom is -0.199 e. The molecule has 0 fully saturated rings. The molecule has 22 heavy (non-hydrogen) atoms. The van der Waals surface area contributed by atoms with E-state index < -0.39 is 0 Å². The van der Waals surface area contributed by atoms with Gasteiger partial charge in [-0.3, -0.25) is 0 Å². The first-order valence-corrected chi connectivity index (χ1v) is 14.1. The molecule has 0 saturated carbocycles. The first kappa shape index (κ1) is 21.8. The quantitative estimate of drug-likeness (QED) is 0.378. The maximum atomic E-state index is 2.31. The Kier molecular flexibility index (Phi) is 9.74. The second-order valence-electron chi connectivity index (χ2n) is 6.52. The van der Waals surface area contributed by atoms with Crippen LogP contribution >= 0.6 is 0 Å². The number of rotatable bonds is 0. The molecule has 0 aliphatic carbocycles. The first-order chi connectivity index (χ1) is 9.98. The van der Waals surface area contributed by atoms with Crippen molar-refractivity contribution in [3.05, 3.63) is 56.6 Å². The van der Waals surface area contributed by atoms with Gasteiger partial charge in [-0.2, -0.15) is 56.6 Å². The van der Waals surface area contributed by atoms with E-state index in [1.165, 1.54) is 44.5 Å². The fourth-order valence-electron chi connectivity index (χ4n) is 2.27. The molecule has 0 bridgehead atoms. The van der Waals surface area contributed by atoms with Gasteiger partial charge in [0.15, 0.2) is 0 Å². The predicted octanol–water partition coefficient (Wildman–Crippen LogP) is 6.06. The first-order valence-electron chi connectivity index (χ1n) is 7.90. The summed E-state index contributed by atoms with van der Waals surface area (Å²) in [6.45, 7) is 22.0. The summed E-state index contributed by atoms with van der Waals surface area (Å²) in [5.41, 5.74) is 11.7. The van der Waals surface area contributed by atoms with Gasteiger partial charge in [0.1, 0.15) is 0 Å². The monoisotopic (exact) mass is 390 g/mol. The maximum absolute atomic E-state index is 2.31. The summed E-state index contributed by atoms with van der Waals surface area (Å²) in [5.74, 6) is 0. The van der Waals surface area contributed by atoms with Crippen LogP contribution in [0.1, 0.15) is 44.5 Å². The zero-order valence-electron chi connectivity index (χ0n) is 16.2.